The Morgan fingerprint density at radius 3 is 2.06 bits per heavy atom. The Hall–Kier alpha value is -1.50. The fourth-order valence-electron chi connectivity index (χ4n) is 1.49. The number of aryl methyl sites for hydroxylation is 1. The molecule has 0 spiro atoms. The number of alkyl halides is 3. The molecule has 17 heavy (non-hydrogen) atoms. The van der Waals surface area contributed by atoms with Crippen LogP contribution < -0.4 is 0 Å². The third kappa shape index (κ3) is 3.00. The molecule has 0 unspecified atom stereocenters. The fourth-order valence-corrected chi connectivity index (χ4v) is 1.49. The Morgan fingerprint density at radius 1 is 1.12 bits per heavy atom. The molecule has 0 atom stereocenters. The molecule has 0 saturated heterocycles. The van der Waals surface area contributed by atoms with Crippen molar-refractivity contribution in [1.82, 2.24) is 0 Å². The third-order valence-corrected chi connectivity index (χ3v) is 2.73. The van der Waals surface area contributed by atoms with Crippen molar-refractivity contribution >= 4 is 0 Å². The topological polar surface area (TPSA) is 23.8 Å². The summed E-state index contributed by atoms with van der Waals surface area (Å²) in [5.74, 6) is 0. The maximum Gasteiger partial charge on any atom is 0.416 e. The van der Waals surface area contributed by atoms with E-state index in [9.17, 15) is 13.2 Å². The van der Waals surface area contributed by atoms with Gasteiger partial charge in [-0.2, -0.15) is 18.4 Å². The molecule has 0 radical (unpaired) electrons. The van der Waals surface area contributed by atoms with Crippen LogP contribution in [0.3, 0.4) is 0 Å². The lowest BCUT2D eigenvalue weighted by Gasteiger charge is -2.19. The predicted octanol–water partition coefficient (Wildman–Crippen LogP) is 4.07. The van der Waals surface area contributed by atoms with E-state index in [2.05, 4.69) is 0 Å². The van der Waals surface area contributed by atoms with Crippen molar-refractivity contribution in [2.75, 3.05) is 0 Å². The predicted molar refractivity (Wildman–Crippen MR) is 59.5 cm³/mol. The Labute approximate surface area is 98.9 Å². The quantitative estimate of drug-likeness (QED) is 0.765. The molecule has 0 aliphatic heterocycles. The van der Waals surface area contributed by atoms with Gasteiger partial charge in [-0.25, -0.2) is 0 Å². The molecular formula is C13H14F3N. The average Bonchev–Trinajstić information content (AvgIpc) is 2.27. The normalized spacial score (nSPS) is 12.3. The summed E-state index contributed by atoms with van der Waals surface area (Å²) in [7, 11) is 0. The Kier molecular flexibility index (Phi) is 3.51. The summed E-state index contributed by atoms with van der Waals surface area (Å²) in [5.41, 5.74) is -0.592. The van der Waals surface area contributed by atoms with Gasteiger partial charge in [0.05, 0.1) is 17.0 Å². The van der Waals surface area contributed by atoms with E-state index in [1.807, 2.05) is 6.07 Å². The monoisotopic (exact) mass is 241 g/mol. The van der Waals surface area contributed by atoms with E-state index in [4.69, 9.17) is 5.26 Å². The van der Waals surface area contributed by atoms with Gasteiger partial charge in [0.25, 0.3) is 0 Å². The van der Waals surface area contributed by atoms with Crippen LogP contribution in [-0.2, 0) is 18.0 Å². The zero-order valence-electron chi connectivity index (χ0n) is 10.0. The smallest absolute Gasteiger partial charge is 0.197 e. The summed E-state index contributed by atoms with van der Waals surface area (Å²) in [6.45, 7) is 5.02. The summed E-state index contributed by atoms with van der Waals surface area (Å²) in [6.07, 6.45) is -3.86. The number of rotatable bonds is 2. The van der Waals surface area contributed by atoms with Gasteiger partial charge in [0.2, 0.25) is 0 Å². The molecule has 0 aromatic heterocycles. The molecule has 1 aromatic carbocycles. The molecule has 0 amide bonds. The number of hydrogen-bond donors (Lipinski definition) is 0. The molecule has 0 bridgehead atoms. The highest BCUT2D eigenvalue weighted by atomic mass is 19.4. The summed E-state index contributed by atoms with van der Waals surface area (Å²) in [4.78, 5) is 0. The molecule has 0 N–H and O–H groups in total. The fraction of sp³-hybridized carbons (Fsp3) is 0.462. The van der Waals surface area contributed by atoms with Gasteiger partial charge in [-0.3, -0.25) is 0 Å². The van der Waals surface area contributed by atoms with E-state index in [-0.39, 0.29) is 0 Å². The van der Waals surface area contributed by atoms with Crippen LogP contribution in [0.15, 0.2) is 18.2 Å². The molecule has 0 aliphatic carbocycles. The van der Waals surface area contributed by atoms with Gasteiger partial charge in [0.15, 0.2) is 0 Å². The molecule has 0 saturated carbocycles. The number of benzene rings is 1. The van der Waals surface area contributed by atoms with Gasteiger partial charge in [0.1, 0.15) is 0 Å². The maximum absolute atomic E-state index is 12.7. The molecule has 4 heteroatoms. The van der Waals surface area contributed by atoms with Crippen LogP contribution in [0.2, 0.25) is 0 Å². The first-order valence-electron chi connectivity index (χ1n) is 5.33. The highest BCUT2D eigenvalue weighted by Crippen LogP contribution is 2.33. The van der Waals surface area contributed by atoms with Gasteiger partial charge < -0.3 is 0 Å². The molecule has 92 valence electrons. The highest BCUT2D eigenvalue weighted by molar-refractivity contribution is 5.38. The highest BCUT2D eigenvalue weighted by Gasteiger charge is 2.32. The van der Waals surface area contributed by atoms with Crippen molar-refractivity contribution < 1.29 is 13.2 Å². The van der Waals surface area contributed by atoms with Gasteiger partial charge in [-0.15, -0.1) is 0 Å². The Morgan fingerprint density at radius 2 is 1.65 bits per heavy atom. The van der Waals surface area contributed by atoms with E-state index in [0.29, 0.717) is 17.5 Å². The van der Waals surface area contributed by atoms with Crippen LogP contribution in [0.1, 0.15) is 37.5 Å². The first-order chi connectivity index (χ1) is 7.70. The van der Waals surface area contributed by atoms with Gasteiger partial charge in [-0.05, 0) is 43.5 Å². The standard InChI is InChI=1S/C13H14F3N/c1-4-9-5-10(12(2,3)8-17)7-11(6-9)13(14,15)16/h5-7H,4H2,1-3H3. The molecule has 0 aliphatic rings. The van der Waals surface area contributed by atoms with Crippen molar-refractivity contribution in [3.63, 3.8) is 0 Å². The van der Waals surface area contributed by atoms with Crippen molar-refractivity contribution in [2.45, 2.75) is 38.8 Å². The lowest BCUT2D eigenvalue weighted by Crippen LogP contribution is -2.16. The maximum atomic E-state index is 12.7. The Bertz CT molecular complexity index is 453. The molecule has 1 aromatic rings. The largest absolute Gasteiger partial charge is 0.416 e. The SMILES string of the molecule is CCc1cc(C(F)(F)F)cc(C(C)(C)C#N)c1. The first kappa shape index (κ1) is 13.6. The second-order valence-electron chi connectivity index (χ2n) is 4.51. The lowest BCUT2D eigenvalue weighted by atomic mass is 9.84. The molecular weight excluding hydrogens is 227 g/mol. The second kappa shape index (κ2) is 4.40. The van der Waals surface area contributed by atoms with E-state index in [0.717, 1.165) is 12.1 Å². The van der Waals surface area contributed by atoms with Crippen LogP contribution in [-0.4, -0.2) is 0 Å². The van der Waals surface area contributed by atoms with Gasteiger partial charge in [0, 0.05) is 0 Å². The van der Waals surface area contributed by atoms with Crippen molar-refractivity contribution in [3.8, 4) is 6.07 Å². The summed E-state index contributed by atoms with van der Waals surface area (Å²) >= 11 is 0. The zero-order chi connectivity index (χ0) is 13.3. The third-order valence-electron chi connectivity index (χ3n) is 2.73. The minimum absolute atomic E-state index is 0.409. The van der Waals surface area contributed by atoms with Gasteiger partial charge in [-0.1, -0.05) is 13.0 Å². The summed E-state index contributed by atoms with van der Waals surface area (Å²) < 4.78 is 38.1. The Balaban J connectivity index is 3.40. The number of nitriles is 1. The lowest BCUT2D eigenvalue weighted by molar-refractivity contribution is -0.137. The van der Waals surface area contributed by atoms with Crippen LogP contribution in [0.5, 0.6) is 0 Å². The van der Waals surface area contributed by atoms with Crippen molar-refractivity contribution in [3.05, 3.63) is 34.9 Å². The van der Waals surface area contributed by atoms with Crippen LogP contribution >= 0.6 is 0 Å². The van der Waals surface area contributed by atoms with E-state index >= 15 is 0 Å². The zero-order valence-corrected chi connectivity index (χ0v) is 10.0. The molecule has 1 nitrogen and oxygen atoms in total. The van der Waals surface area contributed by atoms with Crippen molar-refractivity contribution in [2.24, 2.45) is 0 Å². The number of nitrogens with zero attached hydrogens (tertiary/aromatic N) is 1. The van der Waals surface area contributed by atoms with Gasteiger partial charge >= 0.3 is 6.18 Å². The van der Waals surface area contributed by atoms with E-state index in [1.54, 1.807) is 26.8 Å². The summed E-state index contributed by atoms with van der Waals surface area (Å²) in [6, 6.07) is 5.88. The molecule has 1 rings (SSSR count). The average molecular weight is 241 g/mol. The molecule has 0 heterocycles. The van der Waals surface area contributed by atoms with Crippen LogP contribution in [0, 0.1) is 11.3 Å². The van der Waals surface area contributed by atoms with Crippen LogP contribution in [0.4, 0.5) is 13.2 Å². The van der Waals surface area contributed by atoms with E-state index in [1.165, 1.54) is 0 Å². The summed E-state index contributed by atoms with van der Waals surface area (Å²) in [5, 5.41) is 8.97. The molecule has 0 fully saturated rings. The second-order valence-corrected chi connectivity index (χ2v) is 4.51. The minimum atomic E-state index is -4.37. The van der Waals surface area contributed by atoms with Crippen molar-refractivity contribution in [1.29, 1.82) is 5.26 Å². The minimum Gasteiger partial charge on any atom is -0.197 e. The number of hydrogen-bond acceptors (Lipinski definition) is 1. The van der Waals surface area contributed by atoms with E-state index < -0.39 is 17.2 Å². The first-order valence-corrected chi connectivity index (χ1v) is 5.33. The number of halogens is 3. The van der Waals surface area contributed by atoms with Crippen LogP contribution in [0.25, 0.3) is 0 Å².